The van der Waals surface area contributed by atoms with Crippen molar-refractivity contribution in [3.05, 3.63) is 18.8 Å². The van der Waals surface area contributed by atoms with Gasteiger partial charge >= 0.3 is 18.9 Å². The smallest absolute Gasteiger partial charge is 0.434 e. The zero-order chi connectivity index (χ0) is 11.0. The van der Waals surface area contributed by atoms with Crippen LogP contribution < -0.4 is 18.9 Å². The minimum Gasteiger partial charge on any atom is -0.434 e. The summed E-state index contributed by atoms with van der Waals surface area (Å²) in [6.07, 6.45) is 5.88. The van der Waals surface area contributed by atoms with Gasteiger partial charge in [-0.25, -0.2) is 0 Å². The standard InChI is InChI=1S/C12H21OSi.Li/c1-6-7-8-9-12(13-2)10-11-14(3,4)5;/h6H,1,7-9H2,2-5H3;/q-1;+1. The van der Waals surface area contributed by atoms with Crippen molar-refractivity contribution >= 4 is 8.07 Å². The van der Waals surface area contributed by atoms with Gasteiger partial charge in [0.2, 0.25) is 0 Å². The maximum Gasteiger partial charge on any atom is 1.00 e. The van der Waals surface area contributed by atoms with Gasteiger partial charge in [0.25, 0.3) is 0 Å². The van der Waals surface area contributed by atoms with Gasteiger partial charge in [-0.15, -0.1) is 6.58 Å². The molecular weight excluding hydrogens is 195 g/mol. The zero-order valence-corrected chi connectivity index (χ0v) is 11.8. The first-order valence-electron chi connectivity index (χ1n) is 5.03. The van der Waals surface area contributed by atoms with E-state index in [4.69, 9.17) is 4.74 Å². The van der Waals surface area contributed by atoms with Crippen LogP contribution in [0, 0.1) is 17.6 Å². The SMILES string of the molecule is C=CCCC[C-](C#C[Si](C)(C)C)OC.[Li+]. The summed E-state index contributed by atoms with van der Waals surface area (Å²) in [4.78, 5) is 0. The molecule has 1 nitrogen and oxygen atoms in total. The summed E-state index contributed by atoms with van der Waals surface area (Å²) in [6, 6.07) is 0. The first kappa shape index (κ1) is 17.3. The van der Waals surface area contributed by atoms with E-state index < -0.39 is 8.07 Å². The van der Waals surface area contributed by atoms with E-state index in [1.807, 2.05) is 6.08 Å². The number of hydrogen-bond donors (Lipinski definition) is 0. The molecule has 0 aliphatic heterocycles. The fourth-order valence-corrected chi connectivity index (χ4v) is 1.39. The number of hydrogen-bond acceptors (Lipinski definition) is 1. The monoisotopic (exact) mass is 216 g/mol. The van der Waals surface area contributed by atoms with Gasteiger partial charge in [0.05, 0.1) is 0 Å². The van der Waals surface area contributed by atoms with Gasteiger partial charge in [-0.2, -0.15) is 0 Å². The molecule has 0 amide bonds. The molecule has 0 rings (SSSR count). The van der Waals surface area contributed by atoms with Gasteiger partial charge < -0.3 is 10.3 Å². The average molecular weight is 216 g/mol. The van der Waals surface area contributed by atoms with Gasteiger partial charge in [-0.05, 0) is 6.42 Å². The normalized spacial score (nSPS) is 9.60. The Morgan fingerprint density at radius 1 is 1.40 bits per heavy atom. The number of allylic oxidation sites excluding steroid dienone is 1. The third kappa shape index (κ3) is 11.9. The molecule has 80 valence electrons. The molecule has 0 spiro atoms. The Hall–Kier alpha value is -0.0557. The van der Waals surface area contributed by atoms with E-state index in [1.54, 1.807) is 7.11 Å². The molecule has 0 unspecified atom stereocenters. The Bertz CT molecular complexity index is 222. The number of rotatable bonds is 5. The van der Waals surface area contributed by atoms with Crippen molar-refractivity contribution in [2.24, 2.45) is 0 Å². The first-order chi connectivity index (χ1) is 6.49. The van der Waals surface area contributed by atoms with E-state index in [2.05, 4.69) is 37.7 Å². The number of unbranched alkanes of at least 4 members (excludes halogenated alkanes) is 1. The molecule has 15 heavy (non-hydrogen) atoms. The second-order valence-electron chi connectivity index (χ2n) is 4.31. The fourth-order valence-electron chi connectivity index (χ4n) is 0.880. The molecule has 0 atom stereocenters. The van der Waals surface area contributed by atoms with Crippen molar-refractivity contribution in [1.82, 2.24) is 0 Å². The Morgan fingerprint density at radius 3 is 2.40 bits per heavy atom. The van der Waals surface area contributed by atoms with Crippen LogP contribution >= 0.6 is 0 Å². The van der Waals surface area contributed by atoms with Crippen molar-refractivity contribution in [1.29, 1.82) is 0 Å². The van der Waals surface area contributed by atoms with Gasteiger partial charge in [0, 0.05) is 15.2 Å². The summed E-state index contributed by atoms with van der Waals surface area (Å²) in [6.45, 7) is 10.4. The van der Waals surface area contributed by atoms with Crippen molar-refractivity contribution in [3.8, 4) is 11.5 Å². The number of ether oxygens (including phenoxy) is 1. The minimum absolute atomic E-state index is 0. The van der Waals surface area contributed by atoms with E-state index in [1.165, 1.54) is 0 Å². The summed E-state index contributed by atoms with van der Waals surface area (Å²) in [5.41, 5.74) is 3.30. The Morgan fingerprint density at radius 2 is 2.00 bits per heavy atom. The van der Waals surface area contributed by atoms with Crippen molar-refractivity contribution < 1.29 is 23.6 Å². The quantitative estimate of drug-likeness (QED) is 0.213. The maximum absolute atomic E-state index is 5.22. The largest absolute Gasteiger partial charge is 1.00 e. The molecule has 0 aromatic carbocycles. The van der Waals surface area contributed by atoms with Crippen LogP contribution in [0.5, 0.6) is 0 Å². The molecule has 0 saturated carbocycles. The van der Waals surface area contributed by atoms with Gasteiger partial charge in [-0.1, -0.05) is 44.7 Å². The predicted octanol–water partition coefficient (Wildman–Crippen LogP) is 0.406. The Labute approximate surface area is 108 Å². The molecule has 0 aliphatic rings. The van der Waals surface area contributed by atoms with E-state index in [0.29, 0.717) is 0 Å². The van der Waals surface area contributed by atoms with Crippen LogP contribution in [0.25, 0.3) is 0 Å². The van der Waals surface area contributed by atoms with Crippen LogP contribution in [0.2, 0.25) is 19.6 Å². The van der Waals surface area contributed by atoms with Crippen LogP contribution in [0.4, 0.5) is 0 Å². The third-order valence-corrected chi connectivity index (χ3v) is 2.51. The molecule has 0 N–H and O–H groups in total. The molecule has 0 aromatic rings. The predicted molar refractivity (Wildman–Crippen MR) is 65.4 cm³/mol. The van der Waals surface area contributed by atoms with Gasteiger partial charge in [0.1, 0.15) is 0 Å². The first-order valence-corrected chi connectivity index (χ1v) is 8.53. The second-order valence-corrected chi connectivity index (χ2v) is 9.06. The summed E-state index contributed by atoms with van der Waals surface area (Å²) < 4.78 is 5.22. The number of methoxy groups -OCH3 is 1. The summed E-state index contributed by atoms with van der Waals surface area (Å²) >= 11 is 0. The van der Waals surface area contributed by atoms with Gasteiger partial charge in [-0.3, -0.25) is 5.92 Å². The summed E-state index contributed by atoms with van der Waals surface area (Å²) in [5.74, 6) is 3.14. The summed E-state index contributed by atoms with van der Waals surface area (Å²) in [5, 5.41) is 0. The topological polar surface area (TPSA) is 9.23 Å². The fraction of sp³-hybridized carbons (Fsp3) is 0.583. The molecule has 0 aliphatic carbocycles. The Kier molecular flexibility index (Phi) is 10.6. The minimum atomic E-state index is -1.27. The van der Waals surface area contributed by atoms with E-state index in [0.717, 1.165) is 25.4 Å². The van der Waals surface area contributed by atoms with E-state index >= 15 is 0 Å². The van der Waals surface area contributed by atoms with Crippen molar-refractivity contribution in [2.45, 2.75) is 38.9 Å². The van der Waals surface area contributed by atoms with Crippen LogP contribution in [0.1, 0.15) is 19.3 Å². The van der Waals surface area contributed by atoms with E-state index in [9.17, 15) is 0 Å². The molecule has 0 aromatic heterocycles. The molecule has 3 heteroatoms. The molecule has 0 radical (unpaired) electrons. The van der Waals surface area contributed by atoms with Crippen LogP contribution in [-0.2, 0) is 4.74 Å². The van der Waals surface area contributed by atoms with Crippen molar-refractivity contribution in [2.75, 3.05) is 7.11 Å². The van der Waals surface area contributed by atoms with Crippen LogP contribution in [0.3, 0.4) is 0 Å². The third-order valence-electron chi connectivity index (χ3n) is 1.64. The molecule has 0 saturated heterocycles. The maximum atomic E-state index is 5.22. The molecule has 0 heterocycles. The zero-order valence-electron chi connectivity index (χ0n) is 10.8. The average Bonchev–Trinajstić information content (AvgIpc) is 2.09. The van der Waals surface area contributed by atoms with Crippen LogP contribution in [0.15, 0.2) is 12.7 Å². The summed E-state index contributed by atoms with van der Waals surface area (Å²) in [7, 11) is 0.431. The van der Waals surface area contributed by atoms with E-state index in [-0.39, 0.29) is 18.9 Å². The molecule has 0 bridgehead atoms. The van der Waals surface area contributed by atoms with Crippen molar-refractivity contribution in [3.63, 3.8) is 0 Å². The van der Waals surface area contributed by atoms with Crippen LogP contribution in [-0.4, -0.2) is 15.2 Å². The second kappa shape index (κ2) is 9.19. The van der Waals surface area contributed by atoms with Gasteiger partial charge in [0.15, 0.2) is 0 Å². The Balaban J connectivity index is 0. The molecular formula is C12H21LiOSi. The molecule has 0 fully saturated rings.